The van der Waals surface area contributed by atoms with Gasteiger partial charge in [-0.3, -0.25) is 18.7 Å². The van der Waals surface area contributed by atoms with Crippen molar-refractivity contribution in [2.75, 3.05) is 12.4 Å². The monoisotopic (exact) mass is 391 g/mol. The number of Topliss-reactive ketones (excluding diaryl/α,β-unsaturated/α-hetero) is 1. The maximum Gasteiger partial charge on any atom is 0.332 e. The predicted molar refractivity (Wildman–Crippen MR) is 102 cm³/mol. The number of phenolic OH excluding ortho intramolecular Hbond substituents is 1. The molecule has 3 rings (SSSR count). The summed E-state index contributed by atoms with van der Waals surface area (Å²) in [4.78, 5) is 37.6. The molecule has 2 heterocycles. The van der Waals surface area contributed by atoms with Crippen LogP contribution >= 0.6 is 11.6 Å². The first kappa shape index (κ1) is 18.8. The number of carbonyl (C=O) groups is 1. The van der Waals surface area contributed by atoms with E-state index in [0.29, 0.717) is 18.5 Å². The van der Waals surface area contributed by atoms with E-state index in [1.165, 1.54) is 36.9 Å². The van der Waals surface area contributed by atoms with Crippen LogP contribution < -0.4 is 21.3 Å². The van der Waals surface area contributed by atoms with Gasteiger partial charge >= 0.3 is 5.69 Å². The molecule has 0 aliphatic carbocycles. The third-order valence-corrected chi connectivity index (χ3v) is 4.58. The summed E-state index contributed by atoms with van der Waals surface area (Å²) in [6.07, 6.45) is 2.14. The molecule has 0 amide bonds. The number of methoxy groups -OCH3 is 1. The van der Waals surface area contributed by atoms with Gasteiger partial charge in [0.15, 0.2) is 11.5 Å². The lowest BCUT2D eigenvalue weighted by atomic mass is 10.1. The van der Waals surface area contributed by atoms with E-state index in [2.05, 4.69) is 5.32 Å². The van der Waals surface area contributed by atoms with Crippen molar-refractivity contribution >= 4 is 29.3 Å². The molecule has 1 aliphatic heterocycles. The Hall–Kier alpha value is -3.00. The van der Waals surface area contributed by atoms with Gasteiger partial charge in [0.05, 0.1) is 17.8 Å². The molecular formula is C18H18ClN3O5. The molecule has 2 aromatic rings. The molecular weight excluding hydrogens is 374 g/mol. The number of nitrogens with one attached hydrogen (secondary N) is 1. The molecule has 1 aromatic carbocycles. The number of ketones is 1. The molecule has 27 heavy (non-hydrogen) atoms. The third-order valence-electron chi connectivity index (χ3n) is 4.30. The fourth-order valence-electron chi connectivity index (χ4n) is 2.95. The van der Waals surface area contributed by atoms with Gasteiger partial charge in [0.1, 0.15) is 11.4 Å². The van der Waals surface area contributed by atoms with Gasteiger partial charge in [-0.1, -0.05) is 18.5 Å². The number of phenols is 1. The van der Waals surface area contributed by atoms with Crippen LogP contribution in [0.1, 0.15) is 29.3 Å². The average molecular weight is 392 g/mol. The van der Waals surface area contributed by atoms with Crippen molar-refractivity contribution in [1.29, 1.82) is 0 Å². The van der Waals surface area contributed by atoms with Crippen LogP contribution in [0.25, 0.3) is 6.08 Å². The summed E-state index contributed by atoms with van der Waals surface area (Å²) in [5, 5.41) is 12.8. The average Bonchev–Trinajstić information content (AvgIpc) is 2.96. The van der Waals surface area contributed by atoms with Gasteiger partial charge in [0.25, 0.3) is 5.56 Å². The van der Waals surface area contributed by atoms with E-state index < -0.39 is 17.0 Å². The fraction of sp³-hybridized carbons (Fsp3) is 0.278. The first-order valence-electron chi connectivity index (χ1n) is 8.23. The Labute approximate surface area is 159 Å². The van der Waals surface area contributed by atoms with Gasteiger partial charge in [-0.05, 0) is 30.2 Å². The largest absolute Gasteiger partial charge is 0.503 e. The van der Waals surface area contributed by atoms with E-state index in [0.717, 1.165) is 4.57 Å². The quantitative estimate of drug-likeness (QED) is 0.772. The first-order chi connectivity index (χ1) is 12.8. The molecule has 0 unspecified atom stereocenters. The molecule has 0 saturated heterocycles. The zero-order valence-corrected chi connectivity index (χ0v) is 15.8. The fourth-order valence-corrected chi connectivity index (χ4v) is 3.17. The van der Waals surface area contributed by atoms with Crippen molar-refractivity contribution in [2.24, 2.45) is 7.05 Å². The van der Waals surface area contributed by atoms with Crippen molar-refractivity contribution in [2.45, 2.75) is 19.9 Å². The predicted octanol–water partition coefficient (Wildman–Crippen LogP) is 1.97. The standard InChI is InChI=1S/C18H18ClN3O5/c1-4-5-22-16-13(17(25)21(2)18(22)26)15(24)11(20-16)7-9-6-10(19)14(23)12(8-9)27-3/h6-8,20,23H,4-5H2,1-3H3/b11-7-. The van der Waals surface area contributed by atoms with Gasteiger partial charge in [0.2, 0.25) is 5.78 Å². The van der Waals surface area contributed by atoms with E-state index in [9.17, 15) is 19.5 Å². The molecule has 0 radical (unpaired) electrons. The highest BCUT2D eigenvalue weighted by Gasteiger charge is 2.32. The van der Waals surface area contributed by atoms with E-state index in [1.807, 2.05) is 6.92 Å². The van der Waals surface area contributed by atoms with Gasteiger partial charge < -0.3 is 15.2 Å². The number of nitrogens with zero attached hydrogens (tertiary/aromatic N) is 2. The number of carbonyl (C=O) groups excluding carboxylic acids is 1. The molecule has 1 aliphatic rings. The number of aromatic nitrogens is 2. The second-order valence-corrected chi connectivity index (χ2v) is 6.49. The van der Waals surface area contributed by atoms with Crippen LogP contribution in [0, 0.1) is 0 Å². The smallest absolute Gasteiger partial charge is 0.332 e. The maximum atomic E-state index is 12.8. The normalized spacial score (nSPS) is 14.4. The minimum Gasteiger partial charge on any atom is -0.503 e. The van der Waals surface area contributed by atoms with Crippen molar-refractivity contribution in [1.82, 2.24) is 9.13 Å². The number of allylic oxidation sites excluding steroid dienone is 1. The lowest BCUT2D eigenvalue weighted by Gasteiger charge is -2.11. The lowest BCUT2D eigenvalue weighted by molar-refractivity contribution is 0.104. The van der Waals surface area contributed by atoms with Gasteiger partial charge in [-0.15, -0.1) is 0 Å². The highest BCUT2D eigenvalue weighted by molar-refractivity contribution is 6.32. The van der Waals surface area contributed by atoms with Crippen LogP contribution in [0.4, 0.5) is 5.82 Å². The second kappa shape index (κ2) is 6.96. The number of halogens is 1. The van der Waals surface area contributed by atoms with Crippen LogP contribution in [-0.2, 0) is 13.6 Å². The van der Waals surface area contributed by atoms with E-state index in [4.69, 9.17) is 16.3 Å². The number of hydrogen-bond donors (Lipinski definition) is 2. The number of rotatable bonds is 4. The molecule has 0 bridgehead atoms. The first-order valence-corrected chi connectivity index (χ1v) is 8.61. The Morgan fingerprint density at radius 3 is 2.63 bits per heavy atom. The molecule has 142 valence electrons. The molecule has 2 N–H and O–H groups in total. The summed E-state index contributed by atoms with van der Waals surface area (Å²) in [7, 11) is 2.72. The Balaban J connectivity index is 2.15. The number of benzene rings is 1. The minimum absolute atomic E-state index is 0.0583. The number of aromatic hydroxyl groups is 1. The Kier molecular flexibility index (Phi) is 4.84. The molecule has 0 spiro atoms. The van der Waals surface area contributed by atoms with Crippen LogP contribution in [0.3, 0.4) is 0 Å². The molecule has 8 nitrogen and oxygen atoms in total. The van der Waals surface area contributed by atoms with Gasteiger partial charge in [-0.25, -0.2) is 4.79 Å². The summed E-state index contributed by atoms with van der Waals surface area (Å²) in [5.74, 6) is -0.381. The highest BCUT2D eigenvalue weighted by Crippen LogP contribution is 2.36. The van der Waals surface area contributed by atoms with Crippen molar-refractivity contribution in [3.63, 3.8) is 0 Å². The van der Waals surface area contributed by atoms with Gasteiger partial charge in [-0.2, -0.15) is 0 Å². The number of fused-ring (bicyclic) bond motifs is 1. The van der Waals surface area contributed by atoms with Crippen LogP contribution in [-0.4, -0.2) is 27.1 Å². The van der Waals surface area contributed by atoms with Crippen molar-refractivity contribution in [3.8, 4) is 11.5 Å². The van der Waals surface area contributed by atoms with Crippen molar-refractivity contribution < 1.29 is 14.6 Å². The lowest BCUT2D eigenvalue weighted by Crippen LogP contribution is -2.40. The molecule has 9 heteroatoms. The number of ether oxygens (including phenoxy) is 1. The zero-order chi connectivity index (χ0) is 19.9. The Morgan fingerprint density at radius 1 is 1.30 bits per heavy atom. The molecule has 0 fully saturated rings. The van der Waals surface area contributed by atoms with Crippen LogP contribution in [0.2, 0.25) is 5.02 Å². The highest BCUT2D eigenvalue weighted by atomic mass is 35.5. The summed E-state index contributed by atoms with van der Waals surface area (Å²) < 4.78 is 7.36. The van der Waals surface area contributed by atoms with E-state index in [1.54, 1.807) is 0 Å². The summed E-state index contributed by atoms with van der Waals surface area (Å²) in [6.45, 7) is 2.25. The third kappa shape index (κ3) is 3.02. The summed E-state index contributed by atoms with van der Waals surface area (Å²) in [5.41, 5.74) is -0.601. The zero-order valence-electron chi connectivity index (χ0n) is 15.0. The summed E-state index contributed by atoms with van der Waals surface area (Å²) in [6, 6.07) is 2.96. The molecule has 1 aromatic heterocycles. The Bertz CT molecular complexity index is 1100. The minimum atomic E-state index is -0.649. The molecule has 0 saturated carbocycles. The van der Waals surface area contributed by atoms with Crippen molar-refractivity contribution in [3.05, 3.63) is 54.8 Å². The maximum absolute atomic E-state index is 12.8. The number of anilines is 1. The van der Waals surface area contributed by atoms with E-state index in [-0.39, 0.29) is 33.6 Å². The Morgan fingerprint density at radius 2 is 2.00 bits per heavy atom. The second-order valence-electron chi connectivity index (χ2n) is 6.09. The van der Waals surface area contributed by atoms with E-state index >= 15 is 0 Å². The van der Waals surface area contributed by atoms with Gasteiger partial charge in [0, 0.05) is 13.6 Å². The molecule has 0 atom stereocenters. The van der Waals surface area contributed by atoms with Crippen LogP contribution in [0.15, 0.2) is 27.4 Å². The summed E-state index contributed by atoms with van der Waals surface area (Å²) >= 11 is 5.98. The SMILES string of the molecule is CCCn1c2c(c(=O)n(C)c1=O)C(=O)/C(=C/c1cc(Cl)c(O)c(OC)c1)N2. The number of hydrogen-bond acceptors (Lipinski definition) is 6. The van der Waals surface area contributed by atoms with Crippen LogP contribution in [0.5, 0.6) is 11.5 Å². The topological polar surface area (TPSA) is 103 Å².